The van der Waals surface area contributed by atoms with Gasteiger partial charge < -0.3 is 10.1 Å². The summed E-state index contributed by atoms with van der Waals surface area (Å²) in [7, 11) is 3.47. The molecule has 0 aliphatic heterocycles. The molecule has 18 heavy (non-hydrogen) atoms. The fourth-order valence-corrected chi connectivity index (χ4v) is 2.11. The summed E-state index contributed by atoms with van der Waals surface area (Å²) in [6, 6.07) is 9.88. The van der Waals surface area contributed by atoms with Crippen molar-refractivity contribution in [2.75, 3.05) is 19.5 Å². The topological polar surface area (TPSA) is 47.0 Å². The molecule has 0 saturated carbocycles. The van der Waals surface area contributed by atoms with Crippen molar-refractivity contribution in [1.29, 1.82) is 0 Å². The maximum atomic E-state index is 5.08. The Kier molecular flexibility index (Phi) is 4.28. The molecule has 1 aromatic heterocycles. The second-order valence-electron chi connectivity index (χ2n) is 3.72. The Labute approximate surface area is 115 Å². The molecule has 2 aromatic rings. The standard InChI is InChI=1S/C13H14BrN3O/c1-15-12-7-11(16-13(17-12)8-18-2)9-5-3-4-6-10(9)14/h3-7H,8H2,1-2H3,(H,15,16,17). The predicted molar refractivity (Wildman–Crippen MR) is 75.4 cm³/mol. The molecule has 5 heteroatoms. The van der Waals surface area contributed by atoms with Gasteiger partial charge in [0.1, 0.15) is 12.4 Å². The molecule has 0 spiro atoms. The molecule has 1 N–H and O–H groups in total. The maximum absolute atomic E-state index is 5.08. The Bertz CT molecular complexity index is 546. The van der Waals surface area contributed by atoms with Crippen molar-refractivity contribution < 1.29 is 4.74 Å². The number of nitrogens with one attached hydrogen (secondary N) is 1. The van der Waals surface area contributed by atoms with Crippen LogP contribution in [0.15, 0.2) is 34.8 Å². The number of ether oxygens (including phenoxy) is 1. The SMILES string of the molecule is CNc1cc(-c2ccccc2Br)nc(COC)n1. The Morgan fingerprint density at radius 1 is 1.28 bits per heavy atom. The summed E-state index contributed by atoms with van der Waals surface area (Å²) in [5.41, 5.74) is 1.91. The van der Waals surface area contributed by atoms with Crippen molar-refractivity contribution in [1.82, 2.24) is 9.97 Å². The van der Waals surface area contributed by atoms with Gasteiger partial charge in [0.05, 0.1) is 5.69 Å². The van der Waals surface area contributed by atoms with E-state index < -0.39 is 0 Å². The molecule has 0 radical (unpaired) electrons. The molecule has 2 rings (SSSR count). The van der Waals surface area contributed by atoms with E-state index in [0.29, 0.717) is 12.4 Å². The number of hydrogen-bond acceptors (Lipinski definition) is 4. The van der Waals surface area contributed by atoms with Gasteiger partial charge >= 0.3 is 0 Å². The van der Waals surface area contributed by atoms with Gasteiger partial charge in [0, 0.05) is 30.3 Å². The lowest BCUT2D eigenvalue weighted by Crippen LogP contribution is -2.02. The highest BCUT2D eigenvalue weighted by atomic mass is 79.9. The van der Waals surface area contributed by atoms with E-state index in [0.717, 1.165) is 21.5 Å². The molecule has 0 aliphatic rings. The average molecular weight is 308 g/mol. The van der Waals surface area contributed by atoms with Gasteiger partial charge in [0.15, 0.2) is 5.82 Å². The molecule has 94 valence electrons. The van der Waals surface area contributed by atoms with Crippen LogP contribution >= 0.6 is 15.9 Å². The monoisotopic (exact) mass is 307 g/mol. The molecule has 0 aliphatic carbocycles. The number of hydrogen-bond donors (Lipinski definition) is 1. The Hall–Kier alpha value is -1.46. The predicted octanol–water partition coefficient (Wildman–Crippen LogP) is 3.09. The first-order chi connectivity index (χ1) is 8.74. The van der Waals surface area contributed by atoms with Crippen LogP contribution in [-0.4, -0.2) is 24.1 Å². The number of rotatable bonds is 4. The summed E-state index contributed by atoms with van der Waals surface area (Å²) in [6.07, 6.45) is 0. The summed E-state index contributed by atoms with van der Waals surface area (Å²) in [5, 5.41) is 3.03. The van der Waals surface area contributed by atoms with Crippen LogP contribution in [0.5, 0.6) is 0 Å². The lowest BCUT2D eigenvalue weighted by atomic mass is 10.1. The van der Waals surface area contributed by atoms with Gasteiger partial charge in [-0.15, -0.1) is 0 Å². The van der Waals surface area contributed by atoms with Gasteiger partial charge in [-0.05, 0) is 6.07 Å². The van der Waals surface area contributed by atoms with E-state index in [1.165, 1.54) is 0 Å². The van der Waals surface area contributed by atoms with Crippen LogP contribution in [0.2, 0.25) is 0 Å². The molecular formula is C13H14BrN3O. The smallest absolute Gasteiger partial charge is 0.157 e. The zero-order chi connectivity index (χ0) is 13.0. The minimum Gasteiger partial charge on any atom is -0.377 e. The van der Waals surface area contributed by atoms with Gasteiger partial charge in [0.25, 0.3) is 0 Å². The molecule has 1 aromatic carbocycles. The van der Waals surface area contributed by atoms with Crippen molar-refractivity contribution in [3.8, 4) is 11.3 Å². The first-order valence-electron chi connectivity index (χ1n) is 5.54. The number of methoxy groups -OCH3 is 1. The van der Waals surface area contributed by atoms with Crippen molar-refractivity contribution in [3.63, 3.8) is 0 Å². The van der Waals surface area contributed by atoms with Gasteiger partial charge in [-0.25, -0.2) is 9.97 Å². The first kappa shape index (κ1) is 13.0. The zero-order valence-corrected chi connectivity index (χ0v) is 11.9. The van der Waals surface area contributed by atoms with Crippen molar-refractivity contribution in [2.45, 2.75) is 6.61 Å². The third-order valence-electron chi connectivity index (χ3n) is 2.45. The molecule has 0 amide bonds. The van der Waals surface area contributed by atoms with Crippen LogP contribution in [0.4, 0.5) is 5.82 Å². The molecule has 0 saturated heterocycles. The molecule has 0 fully saturated rings. The third-order valence-corrected chi connectivity index (χ3v) is 3.14. The Morgan fingerprint density at radius 2 is 2.06 bits per heavy atom. The van der Waals surface area contributed by atoms with Crippen molar-refractivity contribution in [2.24, 2.45) is 0 Å². The number of benzene rings is 1. The molecule has 0 bridgehead atoms. The maximum Gasteiger partial charge on any atom is 0.157 e. The van der Waals surface area contributed by atoms with E-state index in [9.17, 15) is 0 Å². The van der Waals surface area contributed by atoms with Crippen molar-refractivity contribution >= 4 is 21.7 Å². The number of anilines is 1. The Morgan fingerprint density at radius 3 is 2.72 bits per heavy atom. The van der Waals surface area contributed by atoms with E-state index in [-0.39, 0.29) is 0 Å². The van der Waals surface area contributed by atoms with E-state index >= 15 is 0 Å². The molecular weight excluding hydrogens is 294 g/mol. The fraction of sp³-hybridized carbons (Fsp3) is 0.231. The lowest BCUT2D eigenvalue weighted by Gasteiger charge is -2.08. The van der Waals surface area contributed by atoms with E-state index in [1.807, 2.05) is 37.4 Å². The minimum atomic E-state index is 0.396. The van der Waals surface area contributed by atoms with Crippen LogP contribution in [0.1, 0.15) is 5.82 Å². The molecule has 0 unspecified atom stereocenters. The highest BCUT2D eigenvalue weighted by Crippen LogP contribution is 2.27. The van der Waals surface area contributed by atoms with Gasteiger partial charge in [-0.3, -0.25) is 0 Å². The van der Waals surface area contributed by atoms with Crippen molar-refractivity contribution in [3.05, 3.63) is 40.6 Å². The largest absolute Gasteiger partial charge is 0.377 e. The molecule has 1 heterocycles. The van der Waals surface area contributed by atoms with Gasteiger partial charge in [0.2, 0.25) is 0 Å². The lowest BCUT2D eigenvalue weighted by molar-refractivity contribution is 0.178. The number of halogens is 1. The normalized spacial score (nSPS) is 10.4. The van der Waals surface area contributed by atoms with Gasteiger partial charge in [-0.1, -0.05) is 34.1 Å². The molecule has 0 atom stereocenters. The summed E-state index contributed by atoms with van der Waals surface area (Å²) in [4.78, 5) is 8.83. The minimum absolute atomic E-state index is 0.396. The van der Waals surface area contributed by atoms with Crippen LogP contribution in [0.25, 0.3) is 11.3 Å². The summed E-state index contributed by atoms with van der Waals surface area (Å²) < 4.78 is 6.09. The highest BCUT2D eigenvalue weighted by Gasteiger charge is 2.08. The summed E-state index contributed by atoms with van der Waals surface area (Å²) >= 11 is 3.53. The van der Waals surface area contributed by atoms with E-state index in [2.05, 4.69) is 31.2 Å². The quantitative estimate of drug-likeness (QED) is 0.943. The van der Waals surface area contributed by atoms with E-state index in [4.69, 9.17) is 4.74 Å². The van der Waals surface area contributed by atoms with Crippen LogP contribution < -0.4 is 5.32 Å². The summed E-state index contributed by atoms with van der Waals surface area (Å²) in [5.74, 6) is 1.44. The first-order valence-corrected chi connectivity index (χ1v) is 6.33. The highest BCUT2D eigenvalue weighted by molar-refractivity contribution is 9.10. The van der Waals surface area contributed by atoms with Gasteiger partial charge in [-0.2, -0.15) is 0 Å². The van der Waals surface area contributed by atoms with E-state index in [1.54, 1.807) is 7.11 Å². The summed E-state index contributed by atoms with van der Waals surface area (Å²) in [6.45, 7) is 0.396. The second kappa shape index (κ2) is 5.93. The third kappa shape index (κ3) is 2.86. The molecule has 4 nitrogen and oxygen atoms in total. The fourth-order valence-electron chi connectivity index (χ4n) is 1.63. The number of aromatic nitrogens is 2. The van der Waals surface area contributed by atoms with Crippen LogP contribution in [0.3, 0.4) is 0 Å². The average Bonchev–Trinajstić information content (AvgIpc) is 2.39. The second-order valence-corrected chi connectivity index (χ2v) is 4.57. The number of nitrogens with zero attached hydrogens (tertiary/aromatic N) is 2. The zero-order valence-electron chi connectivity index (χ0n) is 10.3. The van der Waals surface area contributed by atoms with Crippen LogP contribution in [-0.2, 0) is 11.3 Å². The Balaban J connectivity index is 2.50. The van der Waals surface area contributed by atoms with Crippen LogP contribution in [0, 0.1) is 0 Å².